The molecular formula is C23H25N5O3. The normalized spacial score (nSPS) is 10.6. The summed E-state index contributed by atoms with van der Waals surface area (Å²) in [5.41, 5.74) is 8.99. The van der Waals surface area contributed by atoms with Crippen molar-refractivity contribution in [2.45, 2.75) is 20.8 Å². The summed E-state index contributed by atoms with van der Waals surface area (Å²) in [6.07, 6.45) is 1.38. The Morgan fingerprint density at radius 3 is 2.23 bits per heavy atom. The zero-order valence-electron chi connectivity index (χ0n) is 17.7. The van der Waals surface area contributed by atoms with E-state index in [0.717, 1.165) is 0 Å². The van der Waals surface area contributed by atoms with Crippen LogP contribution in [0.4, 0.5) is 28.7 Å². The molecule has 0 radical (unpaired) electrons. The van der Waals surface area contributed by atoms with E-state index in [4.69, 9.17) is 10.5 Å². The molecule has 0 fully saturated rings. The zero-order chi connectivity index (χ0) is 22.4. The van der Waals surface area contributed by atoms with Crippen LogP contribution >= 0.6 is 0 Å². The molecule has 0 saturated heterocycles. The molecule has 3 aromatic rings. The van der Waals surface area contributed by atoms with E-state index in [-0.39, 0.29) is 17.7 Å². The number of ether oxygens (including phenoxy) is 1. The number of esters is 1. The number of aromatic nitrogens is 2. The van der Waals surface area contributed by atoms with Gasteiger partial charge in [-0.05, 0) is 49.2 Å². The molecular weight excluding hydrogens is 394 g/mol. The molecule has 160 valence electrons. The van der Waals surface area contributed by atoms with Gasteiger partial charge >= 0.3 is 5.97 Å². The summed E-state index contributed by atoms with van der Waals surface area (Å²) in [6.45, 7) is 5.85. The van der Waals surface area contributed by atoms with Gasteiger partial charge in [0, 0.05) is 16.9 Å². The average Bonchev–Trinajstić information content (AvgIpc) is 2.75. The lowest BCUT2D eigenvalue weighted by molar-refractivity contribution is 0.0459. The van der Waals surface area contributed by atoms with E-state index in [1.165, 1.54) is 13.3 Å². The van der Waals surface area contributed by atoms with Crippen LogP contribution in [0.2, 0.25) is 0 Å². The second-order valence-electron chi connectivity index (χ2n) is 7.44. The number of rotatable bonds is 8. The van der Waals surface area contributed by atoms with Gasteiger partial charge in [0.15, 0.2) is 17.4 Å². The third-order valence-electron chi connectivity index (χ3n) is 4.35. The lowest BCUT2D eigenvalue weighted by atomic mass is 10.1. The van der Waals surface area contributed by atoms with Crippen molar-refractivity contribution in [3.8, 4) is 0 Å². The fourth-order valence-electron chi connectivity index (χ4n) is 2.70. The Hall–Kier alpha value is -3.94. The van der Waals surface area contributed by atoms with Crippen LogP contribution in [-0.4, -0.2) is 28.3 Å². The molecule has 31 heavy (non-hydrogen) atoms. The van der Waals surface area contributed by atoms with Crippen molar-refractivity contribution in [1.82, 2.24) is 9.97 Å². The molecule has 0 bridgehead atoms. The number of ketones is 1. The average molecular weight is 419 g/mol. The maximum Gasteiger partial charge on any atom is 0.338 e. The predicted octanol–water partition coefficient (Wildman–Crippen LogP) is 4.56. The largest absolute Gasteiger partial charge is 0.462 e. The molecule has 0 amide bonds. The summed E-state index contributed by atoms with van der Waals surface area (Å²) >= 11 is 0. The van der Waals surface area contributed by atoms with E-state index in [9.17, 15) is 9.59 Å². The Bertz CT molecular complexity index is 1080. The molecule has 0 saturated carbocycles. The highest BCUT2D eigenvalue weighted by molar-refractivity contribution is 5.95. The molecule has 1 heterocycles. The molecule has 0 aliphatic carbocycles. The van der Waals surface area contributed by atoms with Crippen molar-refractivity contribution in [2.75, 3.05) is 23.0 Å². The number of nitrogen functional groups attached to an aromatic ring is 1. The summed E-state index contributed by atoms with van der Waals surface area (Å²) < 4.78 is 5.23. The minimum absolute atomic E-state index is 0.0294. The highest BCUT2D eigenvalue weighted by atomic mass is 16.5. The van der Waals surface area contributed by atoms with Gasteiger partial charge < -0.3 is 21.1 Å². The molecule has 8 nitrogen and oxygen atoms in total. The van der Waals surface area contributed by atoms with Crippen LogP contribution in [0.5, 0.6) is 0 Å². The molecule has 2 aromatic carbocycles. The van der Waals surface area contributed by atoms with E-state index in [1.54, 1.807) is 42.5 Å². The lowest BCUT2D eigenvalue weighted by Gasteiger charge is -2.13. The Balaban J connectivity index is 1.72. The van der Waals surface area contributed by atoms with Crippen molar-refractivity contribution in [3.63, 3.8) is 0 Å². The molecule has 0 aliphatic heterocycles. The van der Waals surface area contributed by atoms with Gasteiger partial charge in [-0.1, -0.05) is 26.0 Å². The van der Waals surface area contributed by atoms with Crippen LogP contribution in [0.3, 0.4) is 0 Å². The molecule has 0 atom stereocenters. The zero-order valence-corrected chi connectivity index (χ0v) is 17.7. The summed E-state index contributed by atoms with van der Waals surface area (Å²) in [6, 6.07) is 13.9. The quantitative estimate of drug-likeness (QED) is 0.359. The molecule has 0 unspecified atom stereocenters. The first-order valence-corrected chi connectivity index (χ1v) is 9.86. The minimum atomic E-state index is -0.360. The number of nitrogens with zero attached hydrogens (tertiary/aromatic N) is 2. The van der Waals surface area contributed by atoms with Gasteiger partial charge in [-0.25, -0.2) is 14.8 Å². The Labute approximate surface area is 180 Å². The highest BCUT2D eigenvalue weighted by Gasteiger charge is 2.11. The van der Waals surface area contributed by atoms with Crippen LogP contribution in [0.1, 0.15) is 41.5 Å². The molecule has 8 heteroatoms. The third kappa shape index (κ3) is 5.79. The van der Waals surface area contributed by atoms with Crippen LogP contribution in [0.15, 0.2) is 54.9 Å². The van der Waals surface area contributed by atoms with E-state index < -0.39 is 0 Å². The number of carbonyl (C=O) groups excluding carboxylic acids is 2. The molecule has 1 aromatic heterocycles. The Kier molecular flexibility index (Phi) is 6.81. The lowest BCUT2D eigenvalue weighted by Crippen LogP contribution is -2.10. The van der Waals surface area contributed by atoms with Crippen molar-refractivity contribution in [2.24, 2.45) is 5.92 Å². The molecule has 0 aliphatic rings. The smallest absolute Gasteiger partial charge is 0.338 e. The number of benzene rings is 2. The summed E-state index contributed by atoms with van der Waals surface area (Å²) in [5, 5.41) is 6.23. The Morgan fingerprint density at radius 1 is 0.968 bits per heavy atom. The number of hydrogen-bond acceptors (Lipinski definition) is 8. The topological polar surface area (TPSA) is 119 Å². The number of hydrogen-bond donors (Lipinski definition) is 3. The van der Waals surface area contributed by atoms with Gasteiger partial charge in [0.25, 0.3) is 0 Å². The van der Waals surface area contributed by atoms with Gasteiger partial charge in [0.1, 0.15) is 12.0 Å². The van der Waals surface area contributed by atoms with E-state index in [0.29, 0.717) is 46.4 Å². The summed E-state index contributed by atoms with van der Waals surface area (Å²) in [7, 11) is 0. The number of nitrogens with one attached hydrogen (secondary N) is 2. The molecule has 3 rings (SSSR count). The third-order valence-corrected chi connectivity index (χ3v) is 4.35. The maximum atomic E-state index is 12.0. The van der Waals surface area contributed by atoms with Crippen molar-refractivity contribution in [3.05, 3.63) is 66.0 Å². The standard InChI is InChI=1S/C23H25N5O3/c1-14(2)12-31-23(30)16-7-9-18(10-8-16)27-21-20(24)22(26-13-25-21)28-19-6-4-5-17(11-19)15(3)29/h4-11,13-14H,12,24H2,1-3H3,(H2,25,26,27,28). The molecule has 4 N–H and O–H groups in total. The van der Waals surface area contributed by atoms with Crippen molar-refractivity contribution in [1.29, 1.82) is 0 Å². The van der Waals surface area contributed by atoms with Crippen LogP contribution < -0.4 is 16.4 Å². The highest BCUT2D eigenvalue weighted by Crippen LogP contribution is 2.28. The minimum Gasteiger partial charge on any atom is -0.462 e. The number of Topliss-reactive ketones (excluding diaryl/α,β-unsaturated/α-hetero) is 1. The first-order chi connectivity index (χ1) is 14.8. The first-order valence-electron chi connectivity index (χ1n) is 9.86. The monoisotopic (exact) mass is 419 g/mol. The molecule has 0 spiro atoms. The summed E-state index contributed by atoms with van der Waals surface area (Å²) in [4.78, 5) is 32.0. The van der Waals surface area contributed by atoms with E-state index >= 15 is 0 Å². The van der Waals surface area contributed by atoms with Gasteiger partial charge in [-0.15, -0.1) is 0 Å². The van der Waals surface area contributed by atoms with Crippen molar-refractivity contribution >= 4 is 40.5 Å². The fourth-order valence-corrected chi connectivity index (χ4v) is 2.70. The van der Waals surface area contributed by atoms with Gasteiger partial charge in [-0.3, -0.25) is 4.79 Å². The van der Waals surface area contributed by atoms with Crippen LogP contribution in [0, 0.1) is 5.92 Å². The maximum absolute atomic E-state index is 12.0. The van der Waals surface area contributed by atoms with E-state index in [2.05, 4.69) is 20.6 Å². The first kappa shape index (κ1) is 21.8. The number of carbonyl (C=O) groups is 2. The number of nitrogens with two attached hydrogens (primary N) is 1. The van der Waals surface area contributed by atoms with Gasteiger partial charge in [0.05, 0.1) is 12.2 Å². The number of anilines is 5. The van der Waals surface area contributed by atoms with Gasteiger partial charge in [-0.2, -0.15) is 0 Å². The van der Waals surface area contributed by atoms with Gasteiger partial charge in [0.2, 0.25) is 0 Å². The second-order valence-corrected chi connectivity index (χ2v) is 7.44. The van der Waals surface area contributed by atoms with Crippen LogP contribution in [-0.2, 0) is 4.74 Å². The summed E-state index contributed by atoms with van der Waals surface area (Å²) in [5.74, 6) is 0.708. The predicted molar refractivity (Wildman–Crippen MR) is 121 cm³/mol. The van der Waals surface area contributed by atoms with Crippen molar-refractivity contribution < 1.29 is 14.3 Å². The van der Waals surface area contributed by atoms with E-state index in [1.807, 2.05) is 19.9 Å². The SMILES string of the molecule is CC(=O)c1cccc(Nc2ncnc(Nc3ccc(C(=O)OCC(C)C)cc3)c2N)c1. The van der Waals surface area contributed by atoms with Crippen LogP contribution in [0.25, 0.3) is 0 Å². The second kappa shape index (κ2) is 9.71. The Morgan fingerprint density at radius 2 is 1.61 bits per heavy atom. The fraction of sp³-hybridized carbons (Fsp3) is 0.217.